The van der Waals surface area contributed by atoms with Gasteiger partial charge in [0.1, 0.15) is 11.3 Å². The molecular weight excluding hydrogens is 396 g/mol. The van der Waals surface area contributed by atoms with Gasteiger partial charge in [-0.1, -0.05) is 53.8 Å². The Hall–Kier alpha value is -3.92. The number of Topliss-reactive ketones (excluding diaryl/α,β-unsaturated/α-hetero) is 1. The number of aliphatic hydroxyl groups is 1. The molecule has 0 unspecified atom stereocenters. The number of nitrogens with zero attached hydrogens (tertiary/aromatic N) is 4. The average Bonchev–Trinajstić information content (AvgIpc) is 3.35. The molecule has 2 heterocycles. The number of benzene rings is 2. The Morgan fingerprint density at radius 2 is 1.90 bits per heavy atom. The summed E-state index contributed by atoms with van der Waals surface area (Å²) in [4.78, 5) is 37.4. The van der Waals surface area contributed by atoms with Gasteiger partial charge in [-0.25, -0.2) is 0 Å². The zero-order valence-electron chi connectivity index (χ0n) is 14.6. The van der Waals surface area contributed by atoms with Crippen molar-refractivity contribution in [3.8, 4) is 0 Å². The van der Waals surface area contributed by atoms with Crippen LogP contribution in [0.2, 0.25) is 0 Å². The summed E-state index contributed by atoms with van der Waals surface area (Å²) >= 11 is 1.04. The molecule has 0 radical (unpaired) electrons. The molecule has 0 spiro atoms. The zero-order chi connectivity index (χ0) is 20.5. The summed E-state index contributed by atoms with van der Waals surface area (Å²) in [6.07, 6.45) is 0. The SMILES string of the molecule is O=C1C(=O)N(c2nncs2)[C@H](c2cccc([N+](=O)[O-])c2)C1=C(O)c1ccccc1. The maximum Gasteiger partial charge on any atom is 0.301 e. The molecule has 0 saturated carbocycles. The molecule has 1 aliphatic heterocycles. The van der Waals surface area contributed by atoms with Crippen LogP contribution < -0.4 is 4.90 Å². The summed E-state index contributed by atoms with van der Waals surface area (Å²) in [7, 11) is 0. The molecule has 2 aromatic carbocycles. The standard InChI is InChI=1S/C19H12N4O5S/c24-16(11-5-2-1-3-6-11)14-15(12-7-4-8-13(9-12)23(27)28)22(18(26)17(14)25)19-21-20-10-29-19/h1-10,15,24H/t15-/m1/s1. The maximum absolute atomic E-state index is 12.8. The Labute approximate surface area is 167 Å². The van der Waals surface area contributed by atoms with E-state index in [1.807, 2.05) is 0 Å². The van der Waals surface area contributed by atoms with Crippen LogP contribution in [-0.2, 0) is 9.59 Å². The molecule has 1 fully saturated rings. The van der Waals surface area contributed by atoms with E-state index in [2.05, 4.69) is 10.2 Å². The number of non-ortho nitro benzene ring substituents is 1. The second-order valence-corrected chi connectivity index (χ2v) is 6.92. The lowest BCUT2D eigenvalue weighted by Crippen LogP contribution is -2.29. The van der Waals surface area contributed by atoms with Gasteiger partial charge in [0.2, 0.25) is 5.13 Å². The van der Waals surface area contributed by atoms with Gasteiger partial charge in [-0.2, -0.15) is 0 Å². The number of anilines is 1. The van der Waals surface area contributed by atoms with Crippen LogP contribution >= 0.6 is 11.3 Å². The summed E-state index contributed by atoms with van der Waals surface area (Å²) in [6.45, 7) is 0. The Kier molecular flexibility index (Phi) is 4.61. The van der Waals surface area contributed by atoms with Crippen molar-refractivity contribution < 1.29 is 19.6 Å². The molecule has 9 nitrogen and oxygen atoms in total. The van der Waals surface area contributed by atoms with Crippen molar-refractivity contribution in [2.45, 2.75) is 6.04 Å². The van der Waals surface area contributed by atoms with E-state index in [4.69, 9.17) is 0 Å². The molecule has 1 amide bonds. The van der Waals surface area contributed by atoms with Crippen molar-refractivity contribution in [3.63, 3.8) is 0 Å². The highest BCUT2D eigenvalue weighted by Crippen LogP contribution is 2.42. The van der Waals surface area contributed by atoms with Crippen molar-refractivity contribution in [3.05, 3.63) is 86.9 Å². The van der Waals surface area contributed by atoms with Crippen molar-refractivity contribution in [2.24, 2.45) is 0 Å². The van der Waals surface area contributed by atoms with E-state index in [0.29, 0.717) is 11.1 Å². The van der Waals surface area contributed by atoms with Gasteiger partial charge >= 0.3 is 5.91 Å². The molecule has 0 bridgehead atoms. The normalized spacial score (nSPS) is 18.2. The second-order valence-electron chi connectivity index (χ2n) is 6.11. The zero-order valence-corrected chi connectivity index (χ0v) is 15.4. The molecular formula is C19H12N4O5S. The number of carbonyl (C=O) groups is 2. The Bertz CT molecular complexity index is 1140. The number of aliphatic hydroxyl groups excluding tert-OH is 1. The minimum atomic E-state index is -1.08. The number of nitro groups is 1. The predicted molar refractivity (Wildman–Crippen MR) is 104 cm³/mol. The van der Waals surface area contributed by atoms with Crippen LogP contribution in [0.25, 0.3) is 5.76 Å². The van der Waals surface area contributed by atoms with Crippen molar-refractivity contribution >= 4 is 39.6 Å². The number of carbonyl (C=O) groups excluding carboxylic acids is 2. The van der Waals surface area contributed by atoms with E-state index >= 15 is 0 Å². The molecule has 3 aromatic rings. The van der Waals surface area contributed by atoms with E-state index in [1.54, 1.807) is 36.4 Å². The molecule has 10 heteroatoms. The van der Waals surface area contributed by atoms with Gasteiger partial charge in [-0.3, -0.25) is 24.6 Å². The molecule has 1 aliphatic rings. The van der Waals surface area contributed by atoms with Crippen LogP contribution in [0.4, 0.5) is 10.8 Å². The minimum absolute atomic E-state index is 0.149. The van der Waals surface area contributed by atoms with E-state index in [1.165, 1.54) is 23.7 Å². The number of hydrogen-bond acceptors (Lipinski definition) is 8. The van der Waals surface area contributed by atoms with E-state index in [-0.39, 0.29) is 22.2 Å². The van der Waals surface area contributed by atoms with Crippen molar-refractivity contribution in [2.75, 3.05) is 4.90 Å². The highest BCUT2D eigenvalue weighted by molar-refractivity contribution is 7.13. The molecule has 144 valence electrons. The average molecular weight is 408 g/mol. The van der Waals surface area contributed by atoms with Crippen LogP contribution in [0.3, 0.4) is 0 Å². The van der Waals surface area contributed by atoms with Crippen LogP contribution in [0.5, 0.6) is 0 Å². The van der Waals surface area contributed by atoms with Crippen LogP contribution in [-0.4, -0.2) is 31.9 Å². The lowest BCUT2D eigenvalue weighted by Gasteiger charge is -2.22. The molecule has 0 aliphatic carbocycles. The maximum atomic E-state index is 12.8. The summed E-state index contributed by atoms with van der Waals surface area (Å²) in [6, 6.07) is 12.8. The lowest BCUT2D eigenvalue weighted by molar-refractivity contribution is -0.384. The Balaban J connectivity index is 1.96. The highest BCUT2D eigenvalue weighted by atomic mass is 32.1. The van der Waals surface area contributed by atoms with Gasteiger partial charge in [-0.05, 0) is 5.56 Å². The van der Waals surface area contributed by atoms with Gasteiger partial charge in [-0.15, -0.1) is 10.2 Å². The smallest absolute Gasteiger partial charge is 0.301 e. The third kappa shape index (κ3) is 3.15. The van der Waals surface area contributed by atoms with Gasteiger partial charge in [0.25, 0.3) is 11.5 Å². The fourth-order valence-electron chi connectivity index (χ4n) is 3.18. The molecule has 1 N–H and O–H groups in total. The first kappa shape index (κ1) is 18.4. The third-order valence-corrected chi connectivity index (χ3v) is 5.13. The lowest BCUT2D eigenvalue weighted by atomic mass is 9.95. The number of rotatable bonds is 4. The van der Waals surface area contributed by atoms with E-state index in [9.17, 15) is 24.8 Å². The fourth-order valence-corrected chi connectivity index (χ4v) is 3.76. The number of ketones is 1. The fraction of sp³-hybridized carbons (Fsp3) is 0.0526. The molecule has 4 rings (SSSR count). The van der Waals surface area contributed by atoms with E-state index < -0.39 is 22.7 Å². The largest absolute Gasteiger partial charge is 0.507 e. The topological polar surface area (TPSA) is 127 Å². The summed E-state index contributed by atoms with van der Waals surface area (Å²) in [5, 5.41) is 29.8. The molecule has 1 aromatic heterocycles. The molecule has 1 saturated heterocycles. The monoisotopic (exact) mass is 408 g/mol. The first-order chi connectivity index (χ1) is 14.0. The first-order valence-electron chi connectivity index (χ1n) is 8.36. The summed E-state index contributed by atoms with van der Waals surface area (Å²) in [5.74, 6) is -2.17. The van der Waals surface area contributed by atoms with Crippen LogP contribution in [0.1, 0.15) is 17.2 Å². The molecule has 29 heavy (non-hydrogen) atoms. The Morgan fingerprint density at radius 1 is 1.14 bits per heavy atom. The van der Waals surface area contributed by atoms with Crippen molar-refractivity contribution in [1.82, 2.24) is 10.2 Å². The van der Waals surface area contributed by atoms with Crippen LogP contribution in [0.15, 0.2) is 65.7 Å². The van der Waals surface area contributed by atoms with Gasteiger partial charge in [0, 0.05) is 17.7 Å². The number of nitro benzene ring substituents is 1. The quantitative estimate of drug-likeness (QED) is 0.231. The van der Waals surface area contributed by atoms with Gasteiger partial charge in [0.05, 0.1) is 16.5 Å². The predicted octanol–water partition coefficient (Wildman–Crippen LogP) is 3.07. The third-order valence-electron chi connectivity index (χ3n) is 4.44. The highest BCUT2D eigenvalue weighted by Gasteiger charge is 2.48. The summed E-state index contributed by atoms with van der Waals surface area (Å²) in [5.41, 5.74) is 1.67. The number of aromatic nitrogens is 2. The number of amides is 1. The van der Waals surface area contributed by atoms with Crippen LogP contribution in [0, 0.1) is 10.1 Å². The molecule has 1 atom stereocenters. The van der Waals surface area contributed by atoms with Gasteiger partial charge < -0.3 is 5.11 Å². The summed E-state index contributed by atoms with van der Waals surface area (Å²) < 4.78 is 0. The minimum Gasteiger partial charge on any atom is -0.507 e. The second kappa shape index (κ2) is 7.24. The van der Waals surface area contributed by atoms with Gasteiger partial charge in [0.15, 0.2) is 0 Å². The first-order valence-corrected chi connectivity index (χ1v) is 9.24. The number of hydrogen-bond donors (Lipinski definition) is 1. The van der Waals surface area contributed by atoms with Crippen molar-refractivity contribution in [1.29, 1.82) is 0 Å². The van der Waals surface area contributed by atoms with E-state index in [0.717, 1.165) is 16.2 Å². The Morgan fingerprint density at radius 3 is 2.55 bits per heavy atom.